The zero-order chi connectivity index (χ0) is 21.2. The van der Waals surface area contributed by atoms with E-state index in [1.54, 1.807) is 19.2 Å². The molecule has 1 aromatic carbocycles. The second kappa shape index (κ2) is 8.42. The Hall–Kier alpha value is -2.59. The topological polar surface area (TPSA) is 93.8 Å². The minimum atomic E-state index is -3.57. The average molecular weight is 423 g/mol. The predicted molar refractivity (Wildman–Crippen MR) is 111 cm³/mol. The summed E-state index contributed by atoms with van der Waals surface area (Å²) in [5, 5.41) is 0. The van der Waals surface area contributed by atoms with Crippen molar-refractivity contribution in [2.45, 2.75) is 6.42 Å². The number of para-hydroxylation sites is 1. The molecule has 3 rings (SSSR count). The molecular formula is C19H26N4O5S. The Morgan fingerprint density at radius 2 is 1.66 bits per heavy atom. The zero-order valence-corrected chi connectivity index (χ0v) is 17.7. The third-order valence-corrected chi connectivity index (χ3v) is 5.59. The zero-order valence-electron chi connectivity index (χ0n) is 16.9. The van der Waals surface area contributed by atoms with E-state index in [4.69, 9.17) is 4.18 Å². The molecule has 0 radical (unpaired) electrons. The van der Waals surface area contributed by atoms with Gasteiger partial charge in [-0.15, -0.1) is 0 Å². The van der Waals surface area contributed by atoms with Crippen LogP contribution in [0.4, 0.5) is 5.82 Å². The van der Waals surface area contributed by atoms with Gasteiger partial charge in [-0.05, 0) is 18.1 Å². The molecule has 10 heteroatoms. The van der Waals surface area contributed by atoms with Crippen LogP contribution in [0.5, 0.6) is 5.75 Å². The van der Waals surface area contributed by atoms with Crippen LogP contribution in [0.25, 0.3) is 0 Å². The molecule has 29 heavy (non-hydrogen) atoms. The number of aromatic nitrogens is 2. The molecule has 2 aromatic rings. The minimum absolute atomic E-state index is 0.312. The summed E-state index contributed by atoms with van der Waals surface area (Å²) < 4.78 is 30.5. The number of piperazine rings is 1. The largest absolute Gasteiger partial charge is 0.382 e. The van der Waals surface area contributed by atoms with Gasteiger partial charge < -0.3 is 9.08 Å². The van der Waals surface area contributed by atoms with Crippen molar-refractivity contribution in [1.29, 1.82) is 0 Å². The molecule has 9 nitrogen and oxygen atoms in total. The van der Waals surface area contributed by atoms with Crippen LogP contribution in [0.3, 0.4) is 0 Å². The van der Waals surface area contributed by atoms with Crippen molar-refractivity contribution in [3.8, 4) is 5.75 Å². The maximum atomic E-state index is 12.1. The van der Waals surface area contributed by atoms with E-state index in [1.165, 1.54) is 17.7 Å². The summed E-state index contributed by atoms with van der Waals surface area (Å²) in [6, 6.07) is 8.63. The highest BCUT2D eigenvalue weighted by Crippen LogP contribution is 2.21. The van der Waals surface area contributed by atoms with Crippen LogP contribution in [-0.2, 0) is 30.6 Å². The lowest BCUT2D eigenvalue weighted by molar-refractivity contribution is 0.259. The number of anilines is 1. The van der Waals surface area contributed by atoms with E-state index < -0.39 is 10.1 Å². The Labute approximate surface area is 169 Å². The van der Waals surface area contributed by atoms with Gasteiger partial charge >= 0.3 is 15.8 Å². The molecule has 0 spiro atoms. The van der Waals surface area contributed by atoms with E-state index in [0.29, 0.717) is 31.1 Å². The standard InChI is InChI=1S/C19H26N4O5S/c1-20-17(14-18(24)21(2)19(20)25)23-12-10-22(11-13-23)9-8-15-6-4-5-7-16(15)28-29(3,26)27/h4-7,14H,8-13H2,1-3H3. The minimum Gasteiger partial charge on any atom is -0.382 e. The van der Waals surface area contributed by atoms with Crippen LogP contribution in [0, 0.1) is 0 Å². The number of rotatable bonds is 6. The average Bonchev–Trinajstić information content (AvgIpc) is 2.68. The lowest BCUT2D eigenvalue weighted by atomic mass is 10.1. The number of hydrogen-bond donors (Lipinski definition) is 0. The molecular weight excluding hydrogens is 396 g/mol. The van der Waals surface area contributed by atoms with Gasteiger partial charge in [0.1, 0.15) is 11.6 Å². The molecule has 2 heterocycles. The number of benzene rings is 1. The van der Waals surface area contributed by atoms with Crippen molar-refractivity contribution in [3.05, 3.63) is 56.7 Å². The maximum Gasteiger partial charge on any atom is 0.332 e. The highest BCUT2D eigenvalue weighted by molar-refractivity contribution is 7.86. The van der Waals surface area contributed by atoms with Gasteiger partial charge in [0.15, 0.2) is 0 Å². The summed E-state index contributed by atoms with van der Waals surface area (Å²) in [5.41, 5.74) is 0.194. The van der Waals surface area contributed by atoms with Crippen LogP contribution < -0.4 is 20.3 Å². The first-order valence-electron chi connectivity index (χ1n) is 9.37. The summed E-state index contributed by atoms with van der Waals surface area (Å²) in [4.78, 5) is 28.4. The Bertz CT molecular complexity index is 1100. The lowest BCUT2D eigenvalue weighted by Crippen LogP contribution is -2.49. The van der Waals surface area contributed by atoms with Gasteiger partial charge in [0, 0.05) is 52.9 Å². The van der Waals surface area contributed by atoms with Crippen molar-refractivity contribution >= 4 is 15.9 Å². The molecule has 0 saturated carbocycles. The Morgan fingerprint density at radius 3 is 2.31 bits per heavy atom. The van der Waals surface area contributed by atoms with Gasteiger partial charge in [-0.25, -0.2) is 4.79 Å². The van der Waals surface area contributed by atoms with Gasteiger partial charge in [0.2, 0.25) is 0 Å². The lowest BCUT2D eigenvalue weighted by Gasteiger charge is -2.36. The van der Waals surface area contributed by atoms with Crippen molar-refractivity contribution in [2.24, 2.45) is 14.1 Å². The molecule has 0 unspecified atom stereocenters. The van der Waals surface area contributed by atoms with Crippen molar-refractivity contribution in [2.75, 3.05) is 43.9 Å². The Kier molecular flexibility index (Phi) is 6.13. The number of nitrogens with zero attached hydrogens (tertiary/aromatic N) is 4. The van der Waals surface area contributed by atoms with E-state index >= 15 is 0 Å². The summed E-state index contributed by atoms with van der Waals surface area (Å²) in [5.74, 6) is 0.994. The van der Waals surface area contributed by atoms with Gasteiger partial charge in [-0.2, -0.15) is 8.42 Å². The second-order valence-electron chi connectivity index (χ2n) is 7.22. The summed E-state index contributed by atoms with van der Waals surface area (Å²) in [6.07, 6.45) is 1.70. The molecule has 0 amide bonds. The van der Waals surface area contributed by atoms with Gasteiger partial charge in [0.25, 0.3) is 5.56 Å². The number of hydrogen-bond acceptors (Lipinski definition) is 7. The maximum absolute atomic E-state index is 12.1. The van der Waals surface area contributed by atoms with Gasteiger partial charge in [-0.1, -0.05) is 18.2 Å². The molecule has 0 N–H and O–H groups in total. The normalized spacial score (nSPS) is 15.5. The third kappa shape index (κ3) is 5.07. The summed E-state index contributed by atoms with van der Waals surface area (Å²) in [7, 11) is -0.432. The first-order chi connectivity index (χ1) is 13.7. The quantitative estimate of drug-likeness (QED) is 0.595. The first-order valence-corrected chi connectivity index (χ1v) is 11.2. The Balaban J connectivity index is 1.62. The van der Waals surface area contributed by atoms with Crippen LogP contribution >= 0.6 is 0 Å². The molecule has 158 valence electrons. The fourth-order valence-corrected chi connectivity index (χ4v) is 3.95. The van der Waals surface area contributed by atoms with Gasteiger partial charge in [0.05, 0.1) is 6.26 Å². The molecule has 1 aromatic heterocycles. The van der Waals surface area contributed by atoms with E-state index in [1.807, 2.05) is 17.0 Å². The van der Waals surface area contributed by atoms with Crippen LogP contribution in [0.1, 0.15) is 5.56 Å². The fraction of sp³-hybridized carbons (Fsp3) is 0.474. The van der Waals surface area contributed by atoms with Crippen LogP contribution in [0.15, 0.2) is 39.9 Å². The molecule has 1 fully saturated rings. The monoisotopic (exact) mass is 422 g/mol. The van der Waals surface area contributed by atoms with Crippen molar-refractivity contribution < 1.29 is 12.6 Å². The predicted octanol–water partition coefficient (Wildman–Crippen LogP) is -0.213. The SMILES string of the molecule is Cn1c(N2CCN(CCc3ccccc3OS(C)(=O)=O)CC2)cc(=O)n(C)c1=O. The molecule has 0 atom stereocenters. The van der Waals surface area contributed by atoms with Crippen molar-refractivity contribution in [3.63, 3.8) is 0 Å². The molecule has 1 saturated heterocycles. The molecule has 1 aliphatic rings. The highest BCUT2D eigenvalue weighted by atomic mass is 32.2. The third-order valence-electron chi connectivity index (χ3n) is 5.11. The molecule has 0 bridgehead atoms. The Morgan fingerprint density at radius 1 is 1.00 bits per heavy atom. The van der Waals surface area contributed by atoms with Crippen LogP contribution in [-0.4, -0.2) is 61.4 Å². The van der Waals surface area contributed by atoms with E-state index in [-0.39, 0.29) is 11.2 Å². The highest BCUT2D eigenvalue weighted by Gasteiger charge is 2.20. The van der Waals surface area contributed by atoms with Crippen LogP contribution in [0.2, 0.25) is 0 Å². The summed E-state index contributed by atoms with van der Waals surface area (Å²) in [6.45, 7) is 3.70. The molecule has 1 aliphatic heterocycles. The van der Waals surface area contributed by atoms with Gasteiger partial charge in [-0.3, -0.25) is 18.8 Å². The van der Waals surface area contributed by atoms with E-state index in [0.717, 1.165) is 36.0 Å². The van der Waals surface area contributed by atoms with E-state index in [2.05, 4.69) is 4.90 Å². The first kappa shape index (κ1) is 21.1. The molecule has 0 aliphatic carbocycles. The van der Waals surface area contributed by atoms with E-state index in [9.17, 15) is 18.0 Å². The summed E-state index contributed by atoms with van der Waals surface area (Å²) >= 11 is 0. The fourth-order valence-electron chi connectivity index (χ4n) is 3.46. The smallest absolute Gasteiger partial charge is 0.332 e. The van der Waals surface area contributed by atoms with Crippen molar-refractivity contribution in [1.82, 2.24) is 14.0 Å². The second-order valence-corrected chi connectivity index (χ2v) is 8.79.